The molecule has 3 heterocycles. The molecule has 0 amide bonds. The maximum atomic E-state index is 2.86. The van der Waals surface area contributed by atoms with Gasteiger partial charge in [0.05, 0.1) is 0 Å². The van der Waals surface area contributed by atoms with Crippen molar-refractivity contribution in [2.45, 2.75) is 0 Å². The van der Waals surface area contributed by atoms with E-state index in [0.717, 1.165) is 0 Å². The zero-order valence-corrected chi connectivity index (χ0v) is 9.88. The number of hydrogen-bond donors (Lipinski definition) is 1. The van der Waals surface area contributed by atoms with Crippen LogP contribution in [-0.4, -0.2) is 22.6 Å². The van der Waals surface area contributed by atoms with Gasteiger partial charge in [-0.2, -0.15) is 22.7 Å². The molecule has 4 heteroatoms. The molecule has 1 nitrogen and oxygen atoms in total. The SMILES string of the molecule is [GeH4].c1cc[nH]c1.c1ccsc1.c1ccsc1. The molecule has 1 N–H and O–H groups in total. The van der Waals surface area contributed by atoms with Crippen LogP contribution in [0.3, 0.4) is 0 Å². The largest absolute Gasteiger partial charge is 0.368 e. The maximum absolute atomic E-state index is 2.86. The summed E-state index contributed by atoms with van der Waals surface area (Å²) in [6.45, 7) is 0. The second-order valence-corrected chi connectivity index (χ2v) is 4.10. The average molecular weight is 312 g/mol. The van der Waals surface area contributed by atoms with Crippen molar-refractivity contribution in [3.05, 3.63) is 70.3 Å². The van der Waals surface area contributed by atoms with E-state index in [1.165, 1.54) is 0 Å². The Kier molecular flexibility index (Phi) is 11.7. The fraction of sp³-hybridized carbons (Fsp3) is 0. The molecule has 0 unspecified atom stereocenters. The van der Waals surface area contributed by atoms with E-state index in [9.17, 15) is 0 Å². The van der Waals surface area contributed by atoms with Crippen molar-refractivity contribution < 1.29 is 0 Å². The second kappa shape index (κ2) is 12.3. The standard InChI is InChI=1S/C4H5N.2C4H4S.GeH4/c3*1-2-4-5-3-1;/h1-5H;2*1-4H;1H4. The molecule has 0 bridgehead atoms. The molecule has 3 aromatic heterocycles. The molecular formula is C12H17GeNS2. The van der Waals surface area contributed by atoms with Gasteiger partial charge in [0, 0.05) is 12.4 Å². The number of hydrogen-bond acceptors (Lipinski definition) is 2. The summed E-state index contributed by atoms with van der Waals surface area (Å²) in [5.74, 6) is 0. The Morgan fingerprint density at radius 1 is 0.562 bits per heavy atom. The van der Waals surface area contributed by atoms with Crippen molar-refractivity contribution in [1.29, 1.82) is 0 Å². The van der Waals surface area contributed by atoms with Gasteiger partial charge in [-0.15, -0.1) is 0 Å². The van der Waals surface area contributed by atoms with Gasteiger partial charge < -0.3 is 4.98 Å². The Morgan fingerprint density at radius 2 is 0.938 bits per heavy atom. The van der Waals surface area contributed by atoms with Gasteiger partial charge >= 0.3 is 17.6 Å². The number of nitrogens with one attached hydrogen (secondary N) is 1. The fourth-order valence-electron chi connectivity index (χ4n) is 0.731. The zero-order valence-electron chi connectivity index (χ0n) is 8.24. The fourth-order valence-corrected chi connectivity index (χ4v) is 1.64. The van der Waals surface area contributed by atoms with Gasteiger partial charge in [-0.3, -0.25) is 0 Å². The minimum absolute atomic E-state index is 0. The summed E-state index contributed by atoms with van der Waals surface area (Å²) in [6.07, 6.45) is 3.75. The smallest absolute Gasteiger partial charge is 0.000496 e. The Morgan fingerprint density at radius 3 is 1.06 bits per heavy atom. The quantitative estimate of drug-likeness (QED) is 0.614. The molecule has 86 valence electrons. The summed E-state index contributed by atoms with van der Waals surface area (Å²) < 4.78 is 0. The van der Waals surface area contributed by atoms with Gasteiger partial charge in [-0.25, -0.2) is 0 Å². The van der Waals surface area contributed by atoms with Crippen LogP contribution < -0.4 is 0 Å². The second-order valence-electron chi connectivity index (χ2n) is 2.47. The van der Waals surface area contributed by atoms with Gasteiger partial charge in [0.25, 0.3) is 0 Å². The number of aromatic amines is 1. The monoisotopic (exact) mass is 313 g/mol. The van der Waals surface area contributed by atoms with Gasteiger partial charge in [0.2, 0.25) is 0 Å². The molecule has 0 spiro atoms. The first kappa shape index (κ1) is 15.2. The zero-order chi connectivity index (χ0) is 10.6. The number of thiophene rings is 2. The third-order valence-electron chi connectivity index (χ3n) is 1.35. The molecule has 0 aliphatic carbocycles. The first-order chi connectivity index (χ1) is 7.50. The van der Waals surface area contributed by atoms with Crippen molar-refractivity contribution in [2.24, 2.45) is 0 Å². The summed E-state index contributed by atoms with van der Waals surface area (Å²) in [6, 6.07) is 12.0. The third-order valence-corrected chi connectivity index (χ3v) is 2.60. The summed E-state index contributed by atoms with van der Waals surface area (Å²) >= 11 is 3.43. The molecule has 3 aromatic rings. The summed E-state index contributed by atoms with van der Waals surface area (Å²) in [5.41, 5.74) is 0. The van der Waals surface area contributed by atoms with E-state index in [4.69, 9.17) is 0 Å². The van der Waals surface area contributed by atoms with Crippen LogP contribution in [0, 0.1) is 0 Å². The molecule has 0 aliphatic rings. The van der Waals surface area contributed by atoms with E-state index in [1.807, 2.05) is 70.3 Å². The molecular weight excluding hydrogens is 295 g/mol. The van der Waals surface area contributed by atoms with Crippen LogP contribution in [0.25, 0.3) is 0 Å². The van der Waals surface area contributed by atoms with Crippen molar-refractivity contribution in [3.8, 4) is 0 Å². The molecule has 16 heavy (non-hydrogen) atoms. The topological polar surface area (TPSA) is 15.8 Å². The third kappa shape index (κ3) is 9.77. The molecule has 0 fully saturated rings. The predicted molar refractivity (Wildman–Crippen MR) is 80.8 cm³/mol. The normalized spacial score (nSPS) is 7.50. The maximum Gasteiger partial charge on any atom is 0.000496 e. The molecule has 0 aliphatic heterocycles. The molecule has 0 saturated heterocycles. The number of aromatic nitrogens is 1. The van der Waals surface area contributed by atoms with Crippen LogP contribution in [0.5, 0.6) is 0 Å². The minimum Gasteiger partial charge on any atom is -0.368 e. The Bertz CT molecular complexity index is 251. The van der Waals surface area contributed by atoms with E-state index in [-0.39, 0.29) is 17.6 Å². The first-order valence-electron chi connectivity index (χ1n) is 4.52. The van der Waals surface area contributed by atoms with Crippen molar-refractivity contribution in [3.63, 3.8) is 0 Å². The number of rotatable bonds is 0. The first-order valence-corrected chi connectivity index (χ1v) is 6.41. The van der Waals surface area contributed by atoms with Gasteiger partial charge in [0.1, 0.15) is 0 Å². The summed E-state index contributed by atoms with van der Waals surface area (Å²) in [4.78, 5) is 2.86. The predicted octanol–water partition coefficient (Wildman–Crippen LogP) is 3.06. The van der Waals surface area contributed by atoms with Crippen LogP contribution in [-0.2, 0) is 0 Å². The van der Waals surface area contributed by atoms with Gasteiger partial charge in [0.15, 0.2) is 0 Å². The van der Waals surface area contributed by atoms with Gasteiger partial charge in [-0.05, 0) is 33.7 Å². The van der Waals surface area contributed by atoms with Gasteiger partial charge in [-0.1, -0.05) is 24.3 Å². The van der Waals surface area contributed by atoms with E-state index < -0.39 is 0 Å². The summed E-state index contributed by atoms with van der Waals surface area (Å²) in [5, 5.41) is 8.17. The summed E-state index contributed by atoms with van der Waals surface area (Å²) in [7, 11) is 0. The Balaban J connectivity index is 0.000000205. The van der Waals surface area contributed by atoms with Crippen molar-refractivity contribution in [2.75, 3.05) is 0 Å². The van der Waals surface area contributed by atoms with Crippen molar-refractivity contribution in [1.82, 2.24) is 4.98 Å². The van der Waals surface area contributed by atoms with Crippen LogP contribution in [0.1, 0.15) is 0 Å². The van der Waals surface area contributed by atoms with E-state index in [2.05, 4.69) is 4.98 Å². The number of H-pyrrole nitrogens is 1. The van der Waals surface area contributed by atoms with Crippen LogP contribution in [0.15, 0.2) is 70.3 Å². The van der Waals surface area contributed by atoms with E-state index >= 15 is 0 Å². The minimum atomic E-state index is 0. The van der Waals surface area contributed by atoms with Crippen LogP contribution in [0.2, 0.25) is 0 Å². The molecule has 0 atom stereocenters. The molecule has 0 saturated carbocycles. The van der Waals surface area contributed by atoms with Crippen LogP contribution >= 0.6 is 22.7 Å². The molecule has 0 aromatic carbocycles. The Labute approximate surface area is 115 Å². The molecule has 0 radical (unpaired) electrons. The van der Waals surface area contributed by atoms with Crippen LogP contribution in [0.4, 0.5) is 0 Å². The van der Waals surface area contributed by atoms with E-state index in [1.54, 1.807) is 22.7 Å². The van der Waals surface area contributed by atoms with E-state index in [0.29, 0.717) is 0 Å². The molecule has 3 rings (SSSR count). The van der Waals surface area contributed by atoms with Crippen molar-refractivity contribution >= 4 is 40.3 Å². The average Bonchev–Trinajstić information content (AvgIpc) is 3.09. The Hall–Kier alpha value is -0.777.